The van der Waals surface area contributed by atoms with Crippen LogP contribution in [-0.2, 0) is 20.7 Å². The van der Waals surface area contributed by atoms with Gasteiger partial charge in [0.25, 0.3) is 0 Å². The number of nitro groups is 4. The van der Waals surface area contributed by atoms with Crippen LogP contribution in [0.25, 0.3) is 0 Å². The molecule has 0 saturated heterocycles. The number of nitrogens with two attached hydrogens (primary N) is 2. The maximum atomic E-state index is 13.0. The molecular weight excluding hydrogens is 596 g/mol. The van der Waals surface area contributed by atoms with E-state index in [0.717, 1.165) is 0 Å². The van der Waals surface area contributed by atoms with E-state index in [2.05, 4.69) is 0 Å². The number of hydrogen-bond donors (Lipinski definition) is 2. The molecule has 2 aromatic carbocycles. The van der Waals surface area contributed by atoms with E-state index >= 15 is 0 Å². The summed E-state index contributed by atoms with van der Waals surface area (Å²) >= 11 is 0. The van der Waals surface area contributed by atoms with Gasteiger partial charge in [-0.1, -0.05) is 82.3 Å². The van der Waals surface area contributed by atoms with E-state index in [0.29, 0.717) is 11.5 Å². The van der Waals surface area contributed by atoms with Crippen molar-refractivity contribution in [2.24, 2.45) is 11.5 Å². The minimum Gasteiger partial charge on any atom is -0.291 e. The van der Waals surface area contributed by atoms with Crippen molar-refractivity contribution in [3.63, 3.8) is 0 Å². The van der Waals surface area contributed by atoms with Gasteiger partial charge < -0.3 is 0 Å². The summed E-state index contributed by atoms with van der Waals surface area (Å²) in [6, 6.07) is 13.6. The van der Waals surface area contributed by atoms with Crippen LogP contribution in [0, 0.1) is 40.5 Å². The summed E-state index contributed by atoms with van der Waals surface area (Å²) in [6.07, 6.45) is -5.12. The molecule has 0 aliphatic rings. The lowest BCUT2D eigenvalue weighted by molar-refractivity contribution is -0.646. The molecule has 42 heavy (non-hydrogen) atoms. The number of benzene rings is 2. The standard InChI is InChI=1S/C24H28N6O10S2/c25-21(27(33)34)23(29(37)38,17-9-3-1-4-10-17)19(31)13-7-15-41-42-16-8-14-20(32)24(30(39)40,22(26)28(35)36)18-11-5-2-6-12-18/h1-6,9-12,21-22H,7-8,13-16,25-26H2. The summed E-state index contributed by atoms with van der Waals surface area (Å²) in [4.78, 5) is 68.8. The zero-order chi connectivity index (χ0) is 31.5. The number of rotatable bonds is 19. The Labute approximate surface area is 246 Å². The number of hydrogen-bond acceptors (Lipinski definition) is 14. The predicted molar refractivity (Wildman–Crippen MR) is 154 cm³/mol. The maximum absolute atomic E-state index is 13.0. The first-order chi connectivity index (χ1) is 19.9. The van der Waals surface area contributed by atoms with E-state index < -0.39 is 54.7 Å². The topological polar surface area (TPSA) is 259 Å². The highest BCUT2D eigenvalue weighted by Crippen LogP contribution is 2.34. The Balaban J connectivity index is 1.97. The molecular formula is C24H28N6O10S2. The van der Waals surface area contributed by atoms with E-state index in [9.17, 15) is 50.0 Å². The van der Waals surface area contributed by atoms with Gasteiger partial charge in [0.1, 0.15) is 0 Å². The largest absolute Gasteiger partial charge is 0.383 e. The minimum absolute atomic E-state index is 0.123. The Bertz CT molecular complexity index is 1210. The van der Waals surface area contributed by atoms with Crippen molar-refractivity contribution in [1.29, 1.82) is 0 Å². The molecule has 226 valence electrons. The van der Waals surface area contributed by atoms with Crippen LogP contribution in [-0.4, -0.2) is 55.1 Å². The zero-order valence-electron chi connectivity index (χ0n) is 22.0. The van der Waals surface area contributed by atoms with Crippen molar-refractivity contribution in [2.45, 2.75) is 49.1 Å². The van der Waals surface area contributed by atoms with Crippen LogP contribution in [0.3, 0.4) is 0 Å². The summed E-state index contributed by atoms with van der Waals surface area (Å²) < 4.78 is 0. The normalized spacial score (nSPS) is 15.4. The van der Waals surface area contributed by atoms with Gasteiger partial charge in [-0.05, 0) is 12.8 Å². The number of nitrogens with zero attached hydrogens (tertiary/aromatic N) is 4. The van der Waals surface area contributed by atoms with E-state index in [1.807, 2.05) is 0 Å². The first-order valence-electron chi connectivity index (χ1n) is 12.3. The number of carbonyl (C=O) groups excluding carboxylic acids is 2. The number of carbonyl (C=O) groups is 2. The van der Waals surface area contributed by atoms with Crippen LogP contribution < -0.4 is 11.5 Å². The average molecular weight is 625 g/mol. The third kappa shape index (κ3) is 7.07. The summed E-state index contributed by atoms with van der Waals surface area (Å²) in [5.41, 5.74) is 5.21. The van der Waals surface area contributed by atoms with Crippen molar-refractivity contribution in [2.75, 3.05) is 11.5 Å². The van der Waals surface area contributed by atoms with Crippen LogP contribution in [0.2, 0.25) is 0 Å². The lowest BCUT2D eigenvalue weighted by Gasteiger charge is -2.24. The molecule has 16 nitrogen and oxygen atoms in total. The van der Waals surface area contributed by atoms with Crippen molar-refractivity contribution in [3.8, 4) is 0 Å². The van der Waals surface area contributed by atoms with Gasteiger partial charge in [0.05, 0.1) is 0 Å². The average Bonchev–Trinajstić information content (AvgIpc) is 2.95. The van der Waals surface area contributed by atoms with Crippen molar-refractivity contribution >= 4 is 33.2 Å². The monoisotopic (exact) mass is 624 g/mol. The molecule has 2 aromatic rings. The van der Waals surface area contributed by atoms with Crippen molar-refractivity contribution in [3.05, 3.63) is 112 Å². The molecule has 0 aliphatic carbocycles. The number of Topliss-reactive ketones (excluding diaryl/α,β-unsaturated/α-hetero) is 2. The Morgan fingerprint density at radius 1 is 0.643 bits per heavy atom. The van der Waals surface area contributed by atoms with Crippen LogP contribution in [0.1, 0.15) is 36.8 Å². The third-order valence-corrected chi connectivity index (χ3v) is 9.09. The van der Waals surface area contributed by atoms with E-state index in [4.69, 9.17) is 11.5 Å². The van der Waals surface area contributed by atoms with Gasteiger partial charge in [0, 0.05) is 55.2 Å². The quantitative estimate of drug-likeness (QED) is 0.0748. The summed E-state index contributed by atoms with van der Waals surface area (Å²) in [7, 11) is 2.50. The van der Waals surface area contributed by atoms with E-state index in [1.54, 1.807) is 0 Å². The Morgan fingerprint density at radius 2 is 0.952 bits per heavy atom. The van der Waals surface area contributed by atoms with Crippen LogP contribution >= 0.6 is 21.6 Å². The Hall–Kier alpha value is -4.00. The van der Waals surface area contributed by atoms with Gasteiger partial charge in [0.15, 0.2) is 0 Å². The lowest BCUT2D eigenvalue weighted by Crippen LogP contribution is -2.60. The van der Waals surface area contributed by atoms with Crippen LogP contribution in [0.15, 0.2) is 60.7 Å². The summed E-state index contributed by atoms with van der Waals surface area (Å²) in [5.74, 6) is -1.43. The zero-order valence-corrected chi connectivity index (χ0v) is 23.6. The smallest absolute Gasteiger partial charge is 0.291 e. The highest BCUT2D eigenvalue weighted by atomic mass is 33.1. The van der Waals surface area contributed by atoms with E-state index in [-0.39, 0.29) is 36.8 Å². The molecule has 4 atom stereocenters. The summed E-state index contributed by atoms with van der Waals surface area (Å²) in [6.45, 7) is 0. The third-order valence-electron chi connectivity index (χ3n) is 6.51. The number of ketones is 2. The fraction of sp³-hybridized carbons (Fsp3) is 0.417. The second-order valence-electron chi connectivity index (χ2n) is 8.94. The molecule has 0 aliphatic heterocycles. The summed E-state index contributed by atoms with van der Waals surface area (Å²) in [5, 5.41) is 46.9. The van der Waals surface area contributed by atoms with Gasteiger partial charge >= 0.3 is 23.4 Å². The maximum Gasteiger partial charge on any atom is 0.383 e. The second-order valence-corrected chi connectivity index (χ2v) is 11.6. The molecule has 0 bridgehead atoms. The fourth-order valence-electron chi connectivity index (χ4n) is 4.40. The molecule has 4 unspecified atom stereocenters. The highest BCUT2D eigenvalue weighted by molar-refractivity contribution is 8.76. The first kappa shape index (κ1) is 34.2. The molecule has 4 N–H and O–H groups in total. The van der Waals surface area contributed by atoms with Gasteiger partial charge in [-0.25, -0.2) is 0 Å². The highest BCUT2D eigenvalue weighted by Gasteiger charge is 2.64. The van der Waals surface area contributed by atoms with Gasteiger partial charge in [0.2, 0.25) is 11.6 Å². The fourth-order valence-corrected chi connectivity index (χ4v) is 6.57. The second kappa shape index (κ2) is 15.3. The SMILES string of the molecule is NC([N+](=O)[O-])C(C(=O)CCCSSCCCC(=O)C(c1ccccc1)(C(N)[N+](=O)[O-])[N+](=O)[O-])(c1ccccc1)[N+](=O)[O-]. The molecule has 0 heterocycles. The van der Waals surface area contributed by atoms with Gasteiger partial charge in [-0.15, -0.1) is 0 Å². The van der Waals surface area contributed by atoms with Crippen LogP contribution in [0.4, 0.5) is 0 Å². The van der Waals surface area contributed by atoms with Gasteiger partial charge in [-0.2, -0.15) is 0 Å². The van der Waals surface area contributed by atoms with Gasteiger partial charge in [-0.3, -0.25) is 61.5 Å². The molecule has 2 rings (SSSR count). The first-order valence-corrected chi connectivity index (χ1v) is 14.8. The molecule has 0 saturated carbocycles. The van der Waals surface area contributed by atoms with Crippen molar-refractivity contribution < 1.29 is 29.3 Å². The molecule has 18 heteroatoms. The molecule has 0 spiro atoms. The molecule has 0 fully saturated rings. The molecule has 0 radical (unpaired) electrons. The minimum atomic E-state index is -2.77. The van der Waals surface area contributed by atoms with E-state index in [1.165, 1.54) is 82.3 Å². The molecule has 0 aromatic heterocycles. The Kier molecular flexibility index (Phi) is 12.5. The van der Waals surface area contributed by atoms with Crippen molar-refractivity contribution in [1.82, 2.24) is 0 Å². The van der Waals surface area contributed by atoms with Crippen LogP contribution in [0.5, 0.6) is 0 Å². The Morgan fingerprint density at radius 3 is 1.21 bits per heavy atom. The predicted octanol–water partition coefficient (Wildman–Crippen LogP) is 2.53. The lowest BCUT2D eigenvalue weighted by atomic mass is 9.82. The molecule has 0 amide bonds.